The van der Waals surface area contributed by atoms with Gasteiger partial charge in [-0.3, -0.25) is 4.99 Å². The van der Waals surface area contributed by atoms with Crippen molar-refractivity contribution in [3.05, 3.63) is 178 Å². The first kappa shape index (κ1) is 28.6. The van der Waals surface area contributed by atoms with E-state index in [-0.39, 0.29) is 0 Å². The Kier molecular flexibility index (Phi) is 8.60. The third kappa shape index (κ3) is 6.16. The van der Waals surface area contributed by atoms with E-state index < -0.39 is 5.63 Å². The Morgan fingerprint density at radius 3 is 1.64 bits per heavy atom. The molecule has 0 saturated carbocycles. The van der Waals surface area contributed by atoms with Crippen molar-refractivity contribution in [2.24, 2.45) is 4.99 Å². The van der Waals surface area contributed by atoms with Crippen molar-refractivity contribution in [2.45, 2.75) is 13.8 Å². The minimum atomic E-state index is -0.403. The molecule has 0 atom stereocenters. The van der Waals surface area contributed by atoms with E-state index >= 15 is 0 Å². The highest BCUT2D eigenvalue weighted by Crippen LogP contribution is 2.37. The number of rotatable bonds is 9. The molecular weight excluding hydrogens is 540 g/mol. The van der Waals surface area contributed by atoms with Crippen molar-refractivity contribution in [1.29, 1.82) is 0 Å². The molecule has 0 unspecified atom stereocenters. The number of aliphatic imine (C=N–C) groups is 1. The highest BCUT2D eigenvalue weighted by atomic mass is 16.4. The van der Waals surface area contributed by atoms with Crippen LogP contribution in [0.25, 0.3) is 22.1 Å². The van der Waals surface area contributed by atoms with E-state index in [2.05, 4.69) is 115 Å². The molecule has 1 aromatic heterocycles. The van der Waals surface area contributed by atoms with Gasteiger partial charge >= 0.3 is 5.63 Å². The van der Waals surface area contributed by atoms with Crippen molar-refractivity contribution in [1.82, 2.24) is 0 Å². The third-order valence-corrected chi connectivity index (χ3v) is 7.82. The molecule has 0 aliphatic carbocycles. The molecule has 4 nitrogen and oxygen atoms in total. The summed E-state index contributed by atoms with van der Waals surface area (Å²) in [6.45, 7) is 6.00. The Morgan fingerprint density at radius 2 is 1.14 bits per heavy atom. The lowest BCUT2D eigenvalue weighted by Crippen LogP contribution is -2.21. The molecule has 4 heteroatoms. The molecule has 0 aliphatic rings. The SMILES string of the molecule is CCN(CC)c1ccc2cc(C=Nc3ccc(C(=C(c4ccccc4)c4ccccc4)c4ccccc4)cc3)c(=O)oc2c1. The van der Waals surface area contributed by atoms with E-state index in [0.717, 1.165) is 63.3 Å². The molecule has 0 saturated heterocycles. The van der Waals surface area contributed by atoms with Gasteiger partial charge in [0.2, 0.25) is 0 Å². The normalized spacial score (nSPS) is 11.1. The minimum absolute atomic E-state index is 0.403. The smallest absolute Gasteiger partial charge is 0.345 e. The van der Waals surface area contributed by atoms with Gasteiger partial charge in [-0.15, -0.1) is 0 Å². The Morgan fingerprint density at radius 1 is 0.636 bits per heavy atom. The van der Waals surface area contributed by atoms with E-state index in [0.29, 0.717) is 11.1 Å². The first-order chi connectivity index (χ1) is 21.6. The predicted octanol–water partition coefficient (Wildman–Crippen LogP) is 9.40. The lowest BCUT2D eigenvalue weighted by molar-refractivity contribution is 0.559. The van der Waals surface area contributed by atoms with Crippen LogP contribution in [0.3, 0.4) is 0 Å². The quantitative estimate of drug-likeness (QED) is 0.0982. The van der Waals surface area contributed by atoms with Crippen LogP contribution in [0.4, 0.5) is 11.4 Å². The van der Waals surface area contributed by atoms with Gasteiger partial charge in [-0.2, -0.15) is 0 Å². The predicted molar refractivity (Wildman–Crippen MR) is 184 cm³/mol. The van der Waals surface area contributed by atoms with E-state index in [9.17, 15) is 4.79 Å². The number of anilines is 1. The summed E-state index contributed by atoms with van der Waals surface area (Å²) in [5.41, 5.74) is 9.17. The highest BCUT2D eigenvalue weighted by molar-refractivity contribution is 6.04. The van der Waals surface area contributed by atoms with Gasteiger partial charge in [0.15, 0.2) is 0 Å². The van der Waals surface area contributed by atoms with Gasteiger partial charge in [0, 0.05) is 36.4 Å². The molecule has 0 radical (unpaired) electrons. The summed E-state index contributed by atoms with van der Waals surface area (Å²) in [6, 6.07) is 47.5. The summed E-state index contributed by atoms with van der Waals surface area (Å²) in [5.74, 6) is 0. The summed E-state index contributed by atoms with van der Waals surface area (Å²) in [4.78, 5) is 19.7. The van der Waals surface area contributed by atoms with Crippen LogP contribution in [0.15, 0.2) is 154 Å². The number of hydrogen-bond acceptors (Lipinski definition) is 4. The summed E-state index contributed by atoms with van der Waals surface area (Å²) < 4.78 is 5.69. The van der Waals surface area contributed by atoms with Crippen molar-refractivity contribution in [2.75, 3.05) is 18.0 Å². The van der Waals surface area contributed by atoms with Gasteiger partial charge < -0.3 is 9.32 Å². The highest BCUT2D eigenvalue weighted by Gasteiger charge is 2.16. The van der Waals surface area contributed by atoms with Crippen LogP contribution in [0.2, 0.25) is 0 Å². The molecule has 0 fully saturated rings. The fraction of sp³-hybridized carbons (Fsp3) is 0.100. The molecule has 0 bridgehead atoms. The Labute approximate surface area is 258 Å². The fourth-order valence-electron chi connectivity index (χ4n) is 5.57. The first-order valence-electron chi connectivity index (χ1n) is 15.0. The molecule has 44 heavy (non-hydrogen) atoms. The van der Waals surface area contributed by atoms with E-state index in [1.54, 1.807) is 6.21 Å². The van der Waals surface area contributed by atoms with Crippen LogP contribution < -0.4 is 10.5 Å². The Hall–Kier alpha value is -5.48. The number of nitrogens with zero attached hydrogens (tertiary/aromatic N) is 2. The molecule has 1 heterocycles. The van der Waals surface area contributed by atoms with Crippen molar-refractivity contribution >= 4 is 39.7 Å². The van der Waals surface area contributed by atoms with Gasteiger partial charge in [-0.25, -0.2) is 4.79 Å². The van der Waals surface area contributed by atoms with Gasteiger partial charge in [-0.1, -0.05) is 103 Å². The van der Waals surface area contributed by atoms with Gasteiger partial charge in [0.25, 0.3) is 0 Å². The third-order valence-electron chi connectivity index (χ3n) is 7.82. The molecule has 0 spiro atoms. The Balaban J connectivity index is 1.38. The maximum atomic E-state index is 12.8. The van der Waals surface area contributed by atoms with Crippen LogP contribution >= 0.6 is 0 Å². The average Bonchev–Trinajstić information content (AvgIpc) is 3.08. The molecule has 6 aromatic rings. The lowest BCUT2D eigenvalue weighted by Gasteiger charge is -2.20. The maximum Gasteiger partial charge on any atom is 0.345 e. The van der Waals surface area contributed by atoms with Crippen LogP contribution in [0.1, 0.15) is 41.7 Å². The van der Waals surface area contributed by atoms with E-state index in [1.165, 1.54) is 0 Å². The second-order valence-corrected chi connectivity index (χ2v) is 10.5. The fourth-order valence-corrected chi connectivity index (χ4v) is 5.57. The zero-order valence-corrected chi connectivity index (χ0v) is 25.0. The largest absolute Gasteiger partial charge is 0.422 e. The van der Waals surface area contributed by atoms with Crippen molar-refractivity contribution in [3.8, 4) is 0 Å². The Bertz CT molecular complexity index is 1930. The molecule has 6 rings (SSSR count). The molecule has 0 aliphatic heterocycles. The van der Waals surface area contributed by atoms with Crippen LogP contribution in [0, 0.1) is 0 Å². The van der Waals surface area contributed by atoms with Crippen LogP contribution in [-0.2, 0) is 0 Å². The van der Waals surface area contributed by atoms with E-state index in [1.807, 2.05) is 48.5 Å². The van der Waals surface area contributed by atoms with E-state index in [4.69, 9.17) is 4.42 Å². The van der Waals surface area contributed by atoms with Crippen molar-refractivity contribution < 1.29 is 4.42 Å². The first-order valence-corrected chi connectivity index (χ1v) is 15.0. The van der Waals surface area contributed by atoms with Gasteiger partial charge in [0.05, 0.1) is 11.3 Å². The van der Waals surface area contributed by atoms with Crippen molar-refractivity contribution in [3.63, 3.8) is 0 Å². The zero-order valence-electron chi connectivity index (χ0n) is 25.0. The monoisotopic (exact) mass is 574 g/mol. The topological polar surface area (TPSA) is 45.8 Å². The average molecular weight is 575 g/mol. The summed E-state index contributed by atoms with van der Waals surface area (Å²) in [6.07, 6.45) is 1.59. The summed E-state index contributed by atoms with van der Waals surface area (Å²) in [5, 5.41) is 0.865. The zero-order chi connectivity index (χ0) is 30.3. The van der Waals surface area contributed by atoms with Crippen LogP contribution in [0.5, 0.6) is 0 Å². The second kappa shape index (κ2) is 13.2. The lowest BCUT2D eigenvalue weighted by atomic mass is 9.86. The molecular formula is C40H34N2O2. The van der Waals surface area contributed by atoms with Crippen LogP contribution in [-0.4, -0.2) is 19.3 Å². The number of hydrogen-bond donors (Lipinski definition) is 0. The second-order valence-electron chi connectivity index (χ2n) is 10.5. The molecule has 0 amide bonds. The maximum absolute atomic E-state index is 12.8. The summed E-state index contributed by atoms with van der Waals surface area (Å²) in [7, 11) is 0. The summed E-state index contributed by atoms with van der Waals surface area (Å²) >= 11 is 0. The van der Waals surface area contributed by atoms with Gasteiger partial charge in [-0.05, 0) is 77.6 Å². The standard InChI is InChI=1S/C40H34N2O2/c1-3-42(4-2)36-25-22-33-26-34(40(43)44-37(33)27-36)28-41-35-23-20-32(21-24-35)39(31-18-12-7-13-19-31)38(29-14-8-5-9-15-29)30-16-10-6-11-17-30/h5-28H,3-4H2,1-2H3. The molecule has 216 valence electrons. The number of fused-ring (bicyclic) bond motifs is 1. The molecule has 0 N–H and O–H groups in total. The van der Waals surface area contributed by atoms with Gasteiger partial charge in [0.1, 0.15) is 5.58 Å². The minimum Gasteiger partial charge on any atom is -0.422 e. The number of benzene rings is 5. The molecule has 5 aromatic carbocycles.